The highest BCUT2D eigenvalue weighted by molar-refractivity contribution is 7.19. The van der Waals surface area contributed by atoms with Crippen LogP contribution in [0.15, 0.2) is 36.8 Å². The molecule has 0 saturated carbocycles. The summed E-state index contributed by atoms with van der Waals surface area (Å²) in [5.41, 5.74) is 3.46. The van der Waals surface area contributed by atoms with Crippen molar-refractivity contribution in [3.63, 3.8) is 0 Å². The predicted octanol–water partition coefficient (Wildman–Crippen LogP) is 2.74. The van der Waals surface area contributed by atoms with Crippen LogP contribution in [0.1, 0.15) is 28.2 Å². The first-order chi connectivity index (χ1) is 18.0. The van der Waals surface area contributed by atoms with E-state index < -0.39 is 5.91 Å². The normalized spacial score (nSPS) is 14.4. The van der Waals surface area contributed by atoms with Crippen LogP contribution in [0.4, 0.5) is 17.6 Å². The first kappa shape index (κ1) is 24.7. The smallest absolute Gasteiger partial charge is 0.277 e. The molecule has 1 fully saturated rings. The molecular formula is C24H27N9O3S. The number of nitrogens with zero attached hydrogens (tertiary/aromatic N) is 7. The predicted molar refractivity (Wildman–Crippen MR) is 141 cm³/mol. The number of ether oxygens (including phenoxy) is 1. The molecular weight excluding hydrogens is 494 g/mol. The number of rotatable bonds is 7. The van der Waals surface area contributed by atoms with E-state index in [2.05, 4.69) is 38.2 Å². The first-order valence-corrected chi connectivity index (χ1v) is 12.6. The minimum atomic E-state index is -0.660. The number of amides is 1. The lowest BCUT2D eigenvalue weighted by atomic mass is 10.2. The van der Waals surface area contributed by atoms with Gasteiger partial charge in [0.2, 0.25) is 5.95 Å². The maximum atomic E-state index is 11.6. The van der Waals surface area contributed by atoms with Gasteiger partial charge in [0, 0.05) is 56.2 Å². The molecule has 0 spiro atoms. The third-order valence-corrected chi connectivity index (χ3v) is 7.56. The van der Waals surface area contributed by atoms with Gasteiger partial charge in [-0.3, -0.25) is 10.0 Å². The van der Waals surface area contributed by atoms with Crippen molar-refractivity contribution in [3.8, 4) is 11.4 Å². The quantitative estimate of drug-likeness (QED) is 0.244. The number of hydrogen-bond acceptors (Lipinski definition) is 12. The number of carbonyl (C=O) groups is 1. The Morgan fingerprint density at radius 1 is 1.16 bits per heavy atom. The average Bonchev–Trinajstić information content (AvgIpc) is 3.40. The summed E-state index contributed by atoms with van der Waals surface area (Å²) in [4.78, 5) is 39.7. The fourth-order valence-electron chi connectivity index (χ4n) is 3.98. The number of nitrogens with one attached hydrogen (secondary N) is 2. The summed E-state index contributed by atoms with van der Waals surface area (Å²) in [5.74, 6) is 2.08. The maximum Gasteiger partial charge on any atom is 0.277 e. The third-order valence-electron chi connectivity index (χ3n) is 6.27. The number of thiophene rings is 1. The van der Waals surface area contributed by atoms with Crippen molar-refractivity contribution in [3.05, 3.63) is 47.2 Å². The highest BCUT2D eigenvalue weighted by Gasteiger charge is 2.23. The van der Waals surface area contributed by atoms with Crippen LogP contribution < -0.4 is 20.6 Å². The Morgan fingerprint density at radius 3 is 2.57 bits per heavy atom. The molecule has 1 saturated heterocycles. The van der Waals surface area contributed by atoms with Gasteiger partial charge in [0.25, 0.3) is 5.91 Å². The fourth-order valence-corrected chi connectivity index (χ4v) is 5.19. The highest BCUT2D eigenvalue weighted by atomic mass is 32.1. The van der Waals surface area contributed by atoms with Gasteiger partial charge >= 0.3 is 0 Å². The van der Waals surface area contributed by atoms with E-state index in [-0.39, 0.29) is 11.6 Å². The van der Waals surface area contributed by atoms with Crippen molar-refractivity contribution in [1.29, 1.82) is 0 Å². The summed E-state index contributed by atoms with van der Waals surface area (Å²) in [6, 6.07) is 5.88. The van der Waals surface area contributed by atoms with Gasteiger partial charge in [-0.2, -0.15) is 0 Å². The van der Waals surface area contributed by atoms with Crippen molar-refractivity contribution in [2.75, 3.05) is 55.5 Å². The number of aromatic nitrogens is 5. The monoisotopic (exact) mass is 521 g/mol. The SMILES string of the molecule is CNc1ccc(-c2nc(N3CCOCC3)c3sc(C(C)N(C)c4ncc(C(=O)NO)cn4)cc3n2)cn1. The Hall–Kier alpha value is -3.94. The van der Waals surface area contributed by atoms with Crippen molar-refractivity contribution >= 4 is 45.0 Å². The van der Waals surface area contributed by atoms with Crippen LogP contribution in [0.25, 0.3) is 21.6 Å². The lowest BCUT2D eigenvalue weighted by molar-refractivity contribution is 0.0705. The van der Waals surface area contributed by atoms with E-state index in [1.165, 1.54) is 12.4 Å². The number of fused-ring (bicyclic) bond motifs is 1. The summed E-state index contributed by atoms with van der Waals surface area (Å²) in [6.45, 7) is 4.88. The largest absolute Gasteiger partial charge is 0.378 e. The van der Waals surface area contributed by atoms with E-state index >= 15 is 0 Å². The zero-order valence-electron chi connectivity index (χ0n) is 20.7. The molecule has 1 atom stereocenters. The highest BCUT2D eigenvalue weighted by Crippen LogP contribution is 2.38. The molecule has 5 rings (SSSR count). The average molecular weight is 522 g/mol. The third kappa shape index (κ3) is 5.01. The summed E-state index contributed by atoms with van der Waals surface area (Å²) in [6.07, 6.45) is 4.53. The molecule has 1 aliphatic rings. The Kier molecular flexibility index (Phi) is 7.08. The van der Waals surface area contributed by atoms with E-state index in [9.17, 15) is 4.79 Å². The van der Waals surface area contributed by atoms with Crippen molar-refractivity contribution < 1.29 is 14.7 Å². The number of morpholine rings is 1. The number of pyridine rings is 1. The zero-order chi connectivity index (χ0) is 25.9. The second-order valence-electron chi connectivity index (χ2n) is 8.52. The van der Waals surface area contributed by atoms with Crippen molar-refractivity contribution in [2.24, 2.45) is 0 Å². The topological polar surface area (TPSA) is 142 Å². The molecule has 192 valence electrons. The summed E-state index contributed by atoms with van der Waals surface area (Å²) in [7, 11) is 3.72. The van der Waals surface area contributed by atoms with Gasteiger partial charge in [-0.15, -0.1) is 11.3 Å². The molecule has 0 aromatic carbocycles. The fraction of sp³-hybridized carbons (Fsp3) is 0.333. The lowest BCUT2D eigenvalue weighted by Crippen LogP contribution is -2.36. The Bertz CT molecular complexity index is 1390. The number of hydrogen-bond donors (Lipinski definition) is 3. The Balaban J connectivity index is 1.51. The molecule has 3 N–H and O–H groups in total. The summed E-state index contributed by atoms with van der Waals surface area (Å²) in [5, 5.41) is 11.8. The molecule has 1 aliphatic heterocycles. The van der Waals surface area contributed by atoms with E-state index in [1.54, 1.807) is 23.0 Å². The van der Waals surface area contributed by atoms with Gasteiger partial charge in [0.05, 0.1) is 35.0 Å². The molecule has 5 heterocycles. The van der Waals surface area contributed by atoms with Gasteiger partial charge in [-0.25, -0.2) is 30.4 Å². The molecule has 0 radical (unpaired) electrons. The molecule has 4 aromatic heterocycles. The van der Waals surface area contributed by atoms with Gasteiger partial charge in [0.15, 0.2) is 11.6 Å². The minimum Gasteiger partial charge on any atom is -0.378 e. The number of carbonyl (C=O) groups excluding carboxylic acids is 1. The standard InChI is InChI=1S/C24H27N9O3S/c1-14(32(3)24-27-12-16(13-28-24)23(34)31-35)18-10-17-20(37-18)22(33-6-8-36-9-7-33)30-21(29-17)15-4-5-19(25-2)26-11-15/h4-5,10-14,35H,6-9H2,1-3H3,(H,25,26)(H,31,34). The second-order valence-corrected chi connectivity index (χ2v) is 9.60. The lowest BCUT2D eigenvalue weighted by Gasteiger charge is -2.28. The van der Waals surface area contributed by atoms with Gasteiger partial charge in [0.1, 0.15) is 5.82 Å². The first-order valence-electron chi connectivity index (χ1n) is 11.8. The van der Waals surface area contributed by atoms with Gasteiger partial charge in [-0.05, 0) is 25.1 Å². The van der Waals surface area contributed by atoms with Crippen LogP contribution in [0.3, 0.4) is 0 Å². The van der Waals surface area contributed by atoms with Gasteiger partial charge in [-0.1, -0.05) is 0 Å². The molecule has 12 nitrogen and oxygen atoms in total. The van der Waals surface area contributed by atoms with Crippen LogP contribution in [0.5, 0.6) is 0 Å². The maximum absolute atomic E-state index is 11.6. The molecule has 13 heteroatoms. The van der Waals surface area contributed by atoms with Crippen LogP contribution in [-0.4, -0.2) is 76.4 Å². The molecule has 1 amide bonds. The summed E-state index contributed by atoms with van der Waals surface area (Å²) >= 11 is 1.64. The second kappa shape index (κ2) is 10.6. The minimum absolute atomic E-state index is 0.0747. The number of anilines is 3. The number of hydroxylamine groups is 1. The zero-order valence-corrected chi connectivity index (χ0v) is 21.5. The molecule has 0 aliphatic carbocycles. The van der Waals surface area contributed by atoms with Crippen molar-refractivity contribution in [1.82, 2.24) is 30.4 Å². The summed E-state index contributed by atoms with van der Waals surface area (Å²) < 4.78 is 6.58. The van der Waals surface area contributed by atoms with E-state index in [1.807, 2.05) is 31.1 Å². The molecule has 1 unspecified atom stereocenters. The van der Waals surface area contributed by atoms with Crippen LogP contribution in [0.2, 0.25) is 0 Å². The molecule has 37 heavy (non-hydrogen) atoms. The Morgan fingerprint density at radius 2 is 1.92 bits per heavy atom. The molecule has 0 bridgehead atoms. The van der Waals surface area contributed by atoms with Crippen LogP contribution in [-0.2, 0) is 4.74 Å². The van der Waals surface area contributed by atoms with E-state index in [4.69, 9.17) is 19.9 Å². The van der Waals surface area contributed by atoms with Gasteiger partial charge < -0.3 is 19.9 Å². The Labute approximate surface area is 217 Å². The van der Waals surface area contributed by atoms with E-state index in [0.717, 1.165) is 45.4 Å². The van der Waals surface area contributed by atoms with Crippen LogP contribution in [0, 0.1) is 0 Å². The van der Waals surface area contributed by atoms with Crippen molar-refractivity contribution in [2.45, 2.75) is 13.0 Å². The molecule has 4 aromatic rings. The van der Waals surface area contributed by atoms with E-state index in [0.29, 0.717) is 25.0 Å². The van der Waals surface area contributed by atoms with Crippen LogP contribution >= 0.6 is 11.3 Å².